The zero-order chi connectivity index (χ0) is 14.6. The molecular formula is C13H6ClF2N3OS. The van der Waals surface area contributed by atoms with E-state index in [0.29, 0.717) is 16.4 Å². The minimum Gasteiger partial charge on any atom is -0.454 e. The van der Waals surface area contributed by atoms with Crippen LogP contribution in [0.2, 0.25) is 0 Å². The third-order valence-corrected chi connectivity index (χ3v) is 4.25. The molecule has 0 unspecified atom stereocenters. The molecule has 4 nitrogen and oxygen atoms in total. The maximum atomic E-state index is 13.0. The van der Waals surface area contributed by atoms with Crippen LogP contribution in [0.25, 0.3) is 27.4 Å². The van der Waals surface area contributed by atoms with Gasteiger partial charge in [0.25, 0.3) is 0 Å². The topological polar surface area (TPSA) is 43.3 Å². The van der Waals surface area contributed by atoms with Gasteiger partial charge in [0, 0.05) is 5.39 Å². The fraction of sp³-hybridized carbons (Fsp3) is 0.0769. The van der Waals surface area contributed by atoms with E-state index in [9.17, 15) is 8.78 Å². The van der Waals surface area contributed by atoms with Crippen LogP contribution in [0, 0.1) is 0 Å². The van der Waals surface area contributed by atoms with Gasteiger partial charge in [-0.05, 0) is 23.7 Å². The van der Waals surface area contributed by atoms with Crippen LogP contribution in [0.15, 0.2) is 40.9 Å². The minimum atomic E-state index is -3.48. The Morgan fingerprint density at radius 2 is 2.10 bits per heavy atom. The molecule has 4 rings (SSSR count). The highest BCUT2D eigenvalue weighted by Crippen LogP contribution is 2.36. The van der Waals surface area contributed by atoms with Gasteiger partial charge < -0.3 is 4.42 Å². The van der Waals surface area contributed by atoms with E-state index in [1.165, 1.54) is 10.7 Å². The van der Waals surface area contributed by atoms with Crippen molar-refractivity contribution in [2.45, 2.75) is 5.38 Å². The van der Waals surface area contributed by atoms with Gasteiger partial charge in [-0.15, -0.1) is 0 Å². The second kappa shape index (κ2) is 4.25. The summed E-state index contributed by atoms with van der Waals surface area (Å²) >= 11 is 5.70. The highest BCUT2D eigenvalue weighted by Gasteiger charge is 2.33. The summed E-state index contributed by atoms with van der Waals surface area (Å²) in [6, 6.07) is 9.40. The number of nitrogens with zero attached hydrogens (tertiary/aromatic N) is 3. The Morgan fingerprint density at radius 3 is 2.81 bits per heavy atom. The van der Waals surface area contributed by atoms with Crippen LogP contribution in [-0.4, -0.2) is 14.6 Å². The molecule has 21 heavy (non-hydrogen) atoms. The van der Waals surface area contributed by atoms with Crippen molar-refractivity contribution in [1.82, 2.24) is 14.6 Å². The molecule has 106 valence electrons. The van der Waals surface area contributed by atoms with E-state index in [0.717, 1.165) is 22.3 Å². The predicted molar refractivity (Wildman–Crippen MR) is 75.8 cm³/mol. The number of halogens is 3. The molecule has 0 fully saturated rings. The van der Waals surface area contributed by atoms with Crippen molar-refractivity contribution >= 4 is 38.9 Å². The number of alkyl halides is 3. The average molecular weight is 326 g/mol. The molecule has 3 heterocycles. The zero-order valence-electron chi connectivity index (χ0n) is 10.3. The first kappa shape index (κ1) is 12.7. The molecule has 3 aromatic heterocycles. The number of furan rings is 1. The maximum absolute atomic E-state index is 13.0. The van der Waals surface area contributed by atoms with Crippen LogP contribution < -0.4 is 0 Å². The van der Waals surface area contributed by atoms with Gasteiger partial charge in [-0.1, -0.05) is 29.5 Å². The fourth-order valence-corrected chi connectivity index (χ4v) is 2.94. The Balaban J connectivity index is 1.81. The van der Waals surface area contributed by atoms with E-state index in [-0.39, 0.29) is 0 Å². The number of hydrogen-bond donors (Lipinski definition) is 0. The van der Waals surface area contributed by atoms with Crippen molar-refractivity contribution in [3.8, 4) is 11.5 Å². The lowest BCUT2D eigenvalue weighted by atomic mass is 10.2. The molecule has 0 radical (unpaired) electrons. The Morgan fingerprint density at radius 1 is 1.29 bits per heavy atom. The van der Waals surface area contributed by atoms with Gasteiger partial charge in [-0.2, -0.15) is 13.9 Å². The van der Waals surface area contributed by atoms with Gasteiger partial charge >= 0.3 is 5.38 Å². The monoisotopic (exact) mass is 325 g/mol. The molecule has 0 spiro atoms. The quantitative estimate of drug-likeness (QED) is 0.510. The summed E-state index contributed by atoms with van der Waals surface area (Å²) in [6.07, 6.45) is 1.54. The van der Waals surface area contributed by atoms with Gasteiger partial charge in [0.2, 0.25) is 9.97 Å². The largest absolute Gasteiger partial charge is 0.454 e. The third-order valence-electron chi connectivity index (χ3n) is 2.96. The fourth-order valence-electron chi connectivity index (χ4n) is 2.04. The maximum Gasteiger partial charge on any atom is 0.375 e. The molecule has 0 amide bonds. The highest BCUT2D eigenvalue weighted by molar-refractivity contribution is 7.17. The second-order valence-corrected chi connectivity index (χ2v) is 5.84. The van der Waals surface area contributed by atoms with Crippen LogP contribution >= 0.6 is 22.9 Å². The number of aromatic nitrogens is 3. The third kappa shape index (κ3) is 2.09. The van der Waals surface area contributed by atoms with Crippen molar-refractivity contribution in [3.63, 3.8) is 0 Å². The molecule has 0 aliphatic heterocycles. The van der Waals surface area contributed by atoms with Crippen LogP contribution in [0.3, 0.4) is 0 Å². The van der Waals surface area contributed by atoms with Gasteiger partial charge in [0.15, 0.2) is 5.76 Å². The first-order valence-electron chi connectivity index (χ1n) is 5.93. The number of hydrogen-bond acceptors (Lipinski definition) is 4. The SMILES string of the molecule is FC(F)(Cl)c1nn2cc(-c3cc4ccccc4o3)nc2s1. The van der Waals surface area contributed by atoms with E-state index in [4.69, 9.17) is 16.0 Å². The molecule has 4 aromatic rings. The lowest BCUT2D eigenvalue weighted by Crippen LogP contribution is -2.02. The van der Waals surface area contributed by atoms with Crippen molar-refractivity contribution in [2.24, 2.45) is 0 Å². The molecule has 0 aliphatic rings. The molecule has 0 atom stereocenters. The van der Waals surface area contributed by atoms with E-state index < -0.39 is 10.4 Å². The number of rotatable bonds is 2. The molecular weight excluding hydrogens is 320 g/mol. The molecule has 1 aromatic carbocycles. The van der Waals surface area contributed by atoms with E-state index in [2.05, 4.69) is 10.1 Å². The zero-order valence-corrected chi connectivity index (χ0v) is 11.8. The smallest absolute Gasteiger partial charge is 0.375 e. The number of imidazole rings is 1. The van der Waals surface area contributed by atoms with Crippen LogP contribution in [0.4, 0.5) is 8.78 Å². The summed E-state index contributed by atoms with van der Waals surface area (Å²) in [6.45, 7) is 0. The molecule has 0 saturated heterocycles. The number of fused-ring (bicyclic) bond motifs is 2. The standard InChI is InChI=1S/C13H6ClF2N3OS/c14-13(15,16)11-18-19-6-8(17-12(19)21-11)10-5-7-3-1-2-4-9(7)20-10/h1-6H. The summed E-state index contributed by atoms with van der Waals surface area (Å²) in [5.41, 5.74) is 1.28. The minimum absolute atomic E-state index is 0.334. The average Bonchev–Trinajstić information content (AvgIpc) is 3.09. The lowest BCUT2D eigenvalue weighted by Gasteiger charge is -1.99. The second-order valence-electron chi connectivity index (χ2n) is 4.41. The molecule has 8 heteroatoms. The van der Waals surface area contributed by atoms with E-state index in [1.807, 2.05) is 30.3 Å². The molecule has 0 aliphatic carbocycles. The molecule has 0 bridgehead atoms. The highest BCUT2D eigenvalue weighted by atomic mass is 35.5. The first-order chi connectivity index (χ1) is 10.0. The number of benzene rings is 1. The number of para-hydroxylation sites is 1. The summed E-state index contributed by atoms with van der Waals surface area (Å²) in [4.78, 5) is 4.58. The summed E-state index contributed by atoms with van der Waals surface area (Å²) in [5.74, 6) is 0.563. The first-order valence-corrected chi connectivity index (χ1v) is 7.12. The Hall–Kier alpha value is -1.99. The van der Waals surface area contributed by atoms with Crippen molar-refractivity contribution in [2.75, 3.05) is 0 Å². The van der Waals surface area contributed by atoms with Crippen LogP contribution in [0.1, 0.15) is 5.01 Å². The van der Waals surface area contributed by atoms with Crippen molar-refractivity contribution < 1.29 is 13.2 Å². The lowest BCUT2D eigenvalue weighted by molar-refractivity contribution is 0.0936. The molecule has 0 N–H and O–H groups in total. The van der Waals surface area contributed by atoms with Gasteiger partial charge in [0.05, 0.1) is 6.20 Å². The van der Waals surface area contributed by atoms with Gasteiger partial charge in [-0.3, -0.25) is 0 Å². The van der Waals surface area contributed by atoms with E-state index in [1.54, 1.807) is 0 Å². The Kier molecular flexibility index (Phi) is 2.58. The van der Waals surface area contributed by atoms with Crippen LogP contribution in [0.5, 0.6) is 0 Å². The summed E-state index contributed by atoms with van der Waals surface area (Å²) in [7, 11) is 0. The van der Waals surface area contributed by atoms with Crippen LogP contribution in [-0.2, 0) is 5.38 Å². The Bertz CT molecular complexity index is 889. The van der Waals surface area contributed by atoms with Gasteiger partial charge in [-0.25, -0.2) is 9.50 Å². The van der Waals surface area contributed by atoms with E-state index >= 15 is 0 Å². The van der Waals surface area contributed by atoms with Crippen molar-refractivity contribution in [1.29, 1.82) is 0 Å². The Labute approximate surface area is 125 Å². The summed E-state index contributed by atoms with van der Waals surface area (Å²) in [5, 5.41) is 0.717. The predicted octanol–water partition coefficient (Wildman–Crippen LogP) is 4.49. The van der Waals surface area contributed by atoms with Crippen molar-refractivity contribution in [3.05, 3.63) is 41.5 Å². The normalized spacial score (nSPS) is 12.5. The molecule has 0 saturated carbocycles. The summed E-state index contributed by atoms with van der Waals surface area (Å²) < 4.78 is 32.9. The van der Waals surface area contributed by atoms with Gasteiger partial charge in [0.1, 0.15) is 11.3 Å².